The maximum Gasteiger partial charge on any atom is 0.573 e. The van der Waals surface area contributed by atoms with Gasteiger partial charge in [0.2, 0.25) is 0 Å². The number of rotatable bonds is 7. The zero-order chi connectivity index (χ0) is 23.3. The summed E-state index contributed by atoms with van der Waals surface area (Å²) in [4.78, 5) is 13.6. The van der Waals surface area contributed by atoms with Crippen LogP contribution in [-0.2, 0) is 0 Å². The number of anilines is 1. The highest BCUT2D eigenvalue weighted by Crippen LogP contribution is 2.29. The van der Waals surface area contributed by atoms with E-state index in [1.54, 1.807) is 30.6 Å². The first kappa shape index (κ1) is 22.0. The minimum Gasteiger partial charge on any atom is -0.406 e. The van der Waals surface area contributed by atoms with Crippen LogP contribution in [0.4, 0.5) is 19.0 Å². The van der Waals surface area contributed by atoms with Crippen molar-refractivity contribution in [3.05, 3.63) is 91.8 Å². The zero-order valence-electron chi connectivity index (χ0n) is 17.4. The fraction of sp³-hybridized carbons (Fsp3) is 0.0800. The quantitative estimate of drug-likeness (QED) is 0.333. The van der Waals surface area contributed by atoms with Crippen molar-refractivity contribution in [2.75, 3.05) is 11.9 Å². The van der Waals surface area contributed by atoms with Crippen LogP contribution in [0.5, 0.6) is 5.75 Å². The fourth-order valence-electron chi connectivity index (χ4n) is 3.17. The molecular weight excluding hydrogens is 429 g/mol. The second-order valence-corrected chi connectivity index (χ2v) is 7.03. The molecule has 0 aliphatic heterocycles. The number of pyridine rings is 1. The van der Waals surface area contributed by atoms with Crippen LogP contribution in [0.3, 0.4) is 0 Å². The molecule has 0 amide bonds. The van der Waals surface area contributed by atoms with Gasteiger partial charge in [-0.05, 0) is 23.8 Å². The van der Waals surface area contributed by atoms with Crippen molar-refractivity contribution < 1.29 is 17.9 Å². The van der Waals surface area contributed by atoms with E-state index in [-0.39, 0.29) is 5.75 Å². The van der Waals surface area contributed by atoms with Crippen LogP contribution in [0.2, 0.25) is 0 Å². The average Bonchev–Trinajstić information content (AvgIpc) is 2.83. The van der Waals surface area contributed by atoms with Crippen molar-refractivity contribution >= 4 is 5.82 Å². The van der Waals surface area contributed by atoms with Crippen LogP contribution in [-0.4, -0.2) is 27.9 Å². The van der Waals surface area contributed by atoms with Gasteiger partial charge in [-0.15, -0.1) is 19.8 Å². The van der Waals surface area contributed by atoms with Crippen molar-refractivity contribution in [1.29, 1.82) is 0 Å². The molecular formula is C25H19F3N4O. The van der Waals surface area contributed by atoms with Crippen LogP contribution in [0.15, 0.2) is 91.8 Å². The van der Waals surface area contributed by atoms with Gasteiger partial charge in [-0.1, -0.05) is 48.5 Å². The Morgan fingerprint density at radius 2 is 1.58 bits per heavy atom. The Balaban J connectivity index is 1.69. The van der Waals surface area contributed by atoms with Crippen LogP contribution in [0, 0.1) is 0 Å². The number of alkyl halides is 3. The molecule has 0 atom stereocenters. The standard InChI is InChI=1S/C25H19F3N4O/c1-2-12-30-23-14-22(31-24(32-23)18-6-4-3-5-7-18)20-13-19(15-29-16-20)17-8-10-21(11-9-17)33-25(26,27)28/h2-11,13-16H,1,12H2,(H,30,31,32). The lowest BCUT2D eigenvalue weighted by molar-refractivity contribution is -0.274. The molecule has 4 rings (SSSR count). The lowest BCUT2D eigenvalue weighted by Gasteiger charge is -2.11. The van der Waals surface area contributed by atoms with E-state index >= 15 is 0 Å². The fourth-order valence-corrected chi connectivity index (χ4v) is 3.17. The molecule has 33 heavy (non-hydrogen) atoms. The third-order valence-electron chi connectivity index (χ3n) is 4.64. The summed E-state index contributed by atoms with van der Waals surface area (Å²) in [5, 5.41) is 3.19. The maximum absolute atomic E-state index is 12.4. The van der Waals surface area contributed by atoms with E-state index in [4.69, 9.17) is 4.98 Å². The highest BCUT2D eigenvalue weighted by molar-refractivity contribution is 5.73. The normalized spacial score (nSPS) is 11.1. The van der Waals surface area contributed by atoms with E-state index in [2.05, 4.69) is 26.6 Å². The largest absolute Gasteiger partial charge is 0.573 e. The van der Waals surface area contributed by atoms with Crippen LogP contribution in [0.25, 0.3) is 33.8 Å². The summed E-state index contributed by atoms with van der Waals surface area (Å²) in [7, 11) is 0. The van der Waals surface area contributed by atoms with Gasteiger partial charge in [-0.2, -0.15) is 0 Å². The molecule has 4 aromatic rings. The van der Waals surface area contributed by atoms with E-state index in [1.807, 2.05) is 42.5 Å². The van der Waals surface area contributed by atoms with Gasteiger partial charge < -0.3 is 10.1 Å². The van der Waals surface area contributed by atoms with Gasteiger partial charge in [-0.25, -0.2) is 9.97 Å². The lowest BCUT2D eigenvalue weighted by atomic mass is 10.0. The van der Waals surface area contributed by atoms with E-state index in [0.29, 0.717) is 29.4 Å². The summed E-state index contributed by atoms with van der Waals surface area (Å²) in [6, 6.07) is 18.9. The SMILES string of the molecule is C=CCNc1cc(-c2cncc(-c3ccc(OC(F)(F)F)cc3)c2)nc(-c2ccccc2)n1. The van der Waals surface area contributed by atoms with Gasteiger partial charge in [-0.3, -0.25) is 4.98 Å². The zero-order valence-corrected chi connectivity index (χ0v) is 17.4. The third kappa shape index (κ3) is 5.74. The number of nitrogens with zero attached hydrogens (tertiary/aromatic N) is 3. The number of benzene rings is 2. The average molecular weight is 448 g/mol. The summed E-state index contributed by atoms with van der Waals surface area (Å²) >= 11 is 0. The monoisotopic (exact) mass is 448 g/mol. The third-order valence-corrected chi connectivity index (χ3v) is 4.64. The Hall–Kier alpha value is -4.20. The van der Waals surface area contributed by atoms with Gasteiger partial charge in [0.25, 0.3) is 0 Å². The highest BCUT2D eigenvalue weighted by atomic mass is 19.4. The predicted octanol–water partition coefficient (Wildman–Crippen LogP) is 6.37. The second-order valence-electron chi connectivity index (χ2n) is 7.03. The molecule has 166 valence electrons. The van der Waals surface area contributed by atoms with E-state index < -0.39 is 6.36 Å². The highest BCUT2D eigenvalue weighted by Gasteiger charge is 2.30. The molecule has 0 bridgehead atoms. The molecule has 0 aliphatic rings. The topological polar surface area (TPSA) is 59.9 Å². The molecule has 0 spiro atoms. The van der Waals surface area contributed by atoms with Gasteiger partial charge in [0.15, 0.2) is 5.82 Å². The summed E-state index contributed by atoms with van der Waals surface area (Å²) < 4.78 is 41.2. The molecule has 0 saturated carbocycles. The van der Waals surface area contributed by atoms with Gasteiger partial charge in [0, 0.05) is 41.7 Å². The van der Waals surface area contributed by atoms with Crippen LogP contribution in [0.1, 0.15) is 0 Å². The molecule has 0 fully saturated rings. The lowest BCUT2D eigenvalue weighted by Crippen LogP contribution is -2.16. The molecule has 0 aliphatic carbocycles. The minimum absolute atomic E-state index is 0.281. The van der Waals surface area contributed by atoms with Crippen molar-refractivity contribution in [3.8, 4) is 39.5 Å². The molecule has 2 aromatic carbocycles. The summed E-state index contributed by atoms with van der Waals surface area (Å²) in [5.74, 6) is 0.910. The number of halogens is 3. The van der Waals surface area contributed by atoms with Crippen molar-refractivity contribution in [2.45, 2.75) is 6.36 Å². The number of ether oxygens (including phenoxy) is 1. The number of aromatic nitrogens is 3. The Bertz CT molecular complexity index is 1240. The predicted molar refractivity (Wildman–Crippen MR) is 122 cm³/mol. The molecule has 0 unspecified atom stereocenters. The van der Waals surface area contributed by atoms with Crippen molar-refractivity contribution in [3.63, 3.8) is 0 Å². The van der Waals surface area contributed by atoms with Gasteiger partial charge in [0.1, 0.15) is 11.6 Å². The van der Waals surface area contributed by atoms with Crippen LogP contribution < -0.4 is 10.1 Å². The Morgan fingerprint density at radius 1 is 0.848 bits per heavy atom. The summed E-state index contributed by atoms with van der Waals surface area (Å²) in [6.45, 7) is 4.26. The maximum atomic E-state index is 12.4. The van der Waals surface area contributed by atoms with E-state index in [1.165, 1.54) is 12.1 Å². The molecule has 0 saturated heterocycles. The molecule has 0 radical (unpaired) electrons. The van der Waals surface area contributed by atoms with Gasteiger partial charge in [0.05, 0.1) is 5.69 Å². The number of hydrogen-bond acceptors (Lipinski definition) is 5. The van der Waals surface area contributed by atoms with E-state index in [0.717, 1.165) is 16.7 Å². The number of nitrogens with one attached hydrogen (secondary N) is 1. The first-order valence-electron chi connectivity index (χ1n) is 10.0. The molecule has 1 N–H and O–H groups in total. The minimum atomic E-state index is -4.73. The molecule has 5 nitrogen and oxygen atoms in total. The van der Waals surface area contributed by atoms with Gasteiger partial charge >= 0.3 is 6.36 Å². The molecule has 2 heterocycles. The second kappa shape index (κ2) is 9.52. The number of hydrogen-bond donors (Lipinski definition) is 1. The van der Waals surface area contributed by atoms with Crippen molar-refractivity contribution in [1.82, 2.24) is 15.0 Å². The van der Waals surface area contributed by atoms with E-state index in [9.17, 15) is 13.2 Å². The summed E-state index contributed by atoms with van der Waals surface area (Å²) in [6.07, 6.45) is 0.320. The van der Waals surface area contributed by atoms with Crippen molar-refractivity contribution in [2.24, 2.45) is 0 Å². The first-order valence-corrected chi connectivity index (χ1v) is 10.0. The Labute approximate surface area is 188 Å². The Morgan fingerprint density at radius 3 is 2.27 bits per heavy atom. The smallest absolute Gasteiger partial charge is 0.406 e. The molecule has 2 aromatic heterocycles. The molecule has 8 heteroatoms. The van der Waals surface area contributed by atoms with Crippen LogP contribution >= 0.6 is 0 Å². The Kier molecular flexibility index (Phi) is 6.35. The summed E-state index contributed by atoms with van der Waals surface area (Å²) in [5.41, 5.74) is 3.68. The first-order chi connectivity index (χ1) is 15.9.